The average molecular weight is 413 g/mol. The van der Waals surface area contributed by atoms with Crippen LogP contribution in [0.3, 0.4) is 0 Å². The SMILES string of the molecule is I.NC(=NCC1(C2CC2)CC1)NC1CCOc2ccccc21. The van der Waals surface area contributed by atoms with Gasteiger partial charge in [0.05, 0.1) is 12.6 Å². The van der Waals surface area contributed by atoms with Gasteiger partial charge in [-0.05, 0) is 43.1 Å². The first-order valence-corrected chi connectivity index (χ1v) is 8.05. The first-order valence-electron chi connectivity index (χ1n) is 8.05. The highest BCUT2D eigenvalue weighted by atomic mass is 127. The van der Waals surface area contributed by atoms with Crippen LogP contribution in [0.5, 0.6) is 5.75 Å². The fraction of sp³-hybridized carbons (Fsp3) is 0.588. The molecule has 2 fully saturated rings. The monoisotopic (exact) mass is 413 g/mol. The van der Waals surface area contributed by atoms with Gasteiger partial charge < -0.3 is 15.8 Å². The number of hydrogen-bond acceptors (Lipinski definition) is 2. The molecule has 3 N–H and O–H groups in total. The molecule has 4 rings (SSSR count). The first kappa shape index (κ1) is 15.9. The van der Waals surface area contributed by atoms with Crippen molar-refractivity contribution >= 4 is 29.9 Å². The predicted molar refractivity (Wildman–Crippen MR) is 98.7 cm³/mol. The van der Waals surface area contributed by atoms with Crippen molar-refractivity contribution in [2.45, 2.75) is 38.1 Å². The van der Waals surface area contributed by atoms with Crippen molar-refractivity contribution in [2.75, 3.05) is 13.2 Å². The zero-order chi connectivity index (χ0) is 14.3. The minimum atomic E-state index is 0. The van der Waals surface area contributed by atoms with Crippen molar-refractivity contribution in [3.8, 4) is 5.75 Å². The van der Waals surface area contributed by atoms with Crippen molar-refractivity contribution < 1.29 is 4.74 Å². The Morgan fingerprint density at radius 3 is 2.77 bits per heavy atom. The van der Waals surface area contributed by atoms with Crippen molar-refractivity contribution in [1.29, 1.82) is 0 Å². The summed E-state index contributed by atoms with van der Waals surface area (Å²) in [6.07, 6.45) is 6.41. The molecular formula is C17H24IN3O. The molecule has 1 atom stereocenters. The van der Waals surface area contributed by atoms with E-state index < -0.39 is 0 Å². The number of hydrogen-bond donors (Lipinski definition) is 2. The summed E-state index contributed by atoms with van der Waals surface area (Å²) in [7, 11) is 0. The van der Waals surface area contributed by atoms with Crippen LogP contribution in [-0.2, 0) is 0 Å². The van der Waals surface area contributed by atoms with Gasteiger partial charge in [0.15, 0.2) is 5.96 Å². The number of fused-ring (bicyclic) bond motifs is 1. The summed E-state index contributed by atoms with van der Waals surface area (Å²) in [5, 5.41) is 3.38. The van der Waals surface area contributed by atoms with Crippen LogP contribution in [0.15, 0.2) is 29.3 Å². The third-order valence-corrected chi connectivity index (χ3v) is 5.18. The maximum Gasteiger partial charge on any atom is 0.189 e. The van der Waals surface area contributed by atoms with E-state index in [4.69, 9.17) is 10.5 Å². The molecule has 0 radical (unpaired) electrons. The Balaban J connectivity index is 0.00000144. The number of guanidine groups is 1. The second-order valence-electron chi connectivity index (χ2n) is 6.71. The molecule has 0 bridgehead atoms. The topological polar surface area (TPSA) is 59.6 Å². The minimum absolute atomic E-state index is 0. The van der Waals surface area contributed by atoms with E-state index in [1.807, 2.05) is 18.2 Å². The van der Waals surface area contributed by atoms with Crippen LogP contribution in [-0.4, -0.2) is 19.1 Å². The maximum atomic E-state index is 6.12. The van der Waals surface area contributed by atoms with Gasteiger partial charge in [0, 0.05) is 18.5 Å². The summed E-state index contributed by atoms with van der Waals surface area (Å²) < 4.78 is 5.68. The second-order valence-corrected chi connectivity index (χ2v) is 6.71. The molecule has 2 saturated carbocycles. The summed E-state index contributed by atoms with van der Waals surface area (Å²) in [6.45, 7) is 1.63. The van der Waals surface area contributed by atoms with Gasteiger partial charge in [0.1, 0.15) is 5.75 Å². The van der Waals surface area contributed by atoms with Gasteiger partial charge in [-0.2, -0.15) is 0 Å². The molecule has 0 aromatic heterocycles. The molecule has 5 heteroatoms. The van der Waals surface area contributed by atoms with E-state index in [0.717, 1.165) is 31.2 Å². The average Bonchev–Trinajstić information content (AvgIpc) is 3.38. The van der Waals surface area contributed by atoms with Gasteiger partial charge in [-0.15, -0.1) is 24.0 Å². The lowest BCUT2D eigenvalue weighted by Gasteiger charge is -2.27. The lowest BCUT2D eigenvalue weighted by atomic mass is 10.0. The normalized spacial score (nSPS) is 25.5. The van der Waals surface area contributed by atoms with Crippen LogP contribution < -0.4 is 15.8 Å². The zero-order valence-corrected chi connectivity index (χ0v) is 15.1. The summed E-state index contributed by atoms with van der Waals surface area (Å²) >= 11 is 0. The van der Waals surface area contributed by atoms with E-state index in [2.05, 4.69) is 16.4 Å². The summed E-state index contributed by atoms with van der Waals surface area (Å²) in [4.78, 5) is 4.63. The van der Waals surface area contributed by atoms with Crippen molar-refractivity contribution in [1.82, 2.24) is 5.32 Å². The molecule has 0 saturated heterocycles. The van der Waals surface area contributed by atoms with Crippen LogP contribution in [0.2, 0.25) is 0 Å². The number of nitrogens with two attached hydrogens (primary N) is 1. The Kier molecular flexibility index (Phi) is 4.52. The molecular weight excluding hydrogens is 389 g/mol. The molecule has 1 aromatic rings. The quantitative estimate of drug-likeness (QED) is 0.453. The first-order chi connectivity index (χ1) is 10.3. The van der Waals surface area contributed by atoms with Crippen molar-refractivity contribution in [3.05, 3.63) is 29.8 Å². The molecule has 1 unspecified atom stereocenters. The van der Waals surface area contributed by atoms with Gasteiger partial charge in [0.25, 0.3) is 0 Å². The molecule has 2 aliphatic carbocycles. The van der Waals surface area contributed by atoms with Gasteiger partial charge in [0.2, 0.25) is 0 Å². The fourth-order valence-corrected chi connectivity index (χ4v) is 3.51. The molecule has 3 aliphatic rings. The third-order valence-electron chi connectivity index (χ3n) is 5.18. The van der Waals surface area contributed by atoms with Gasteiger partial charge in [-0.25, -0.2) is 0 Å². The number of nitrogens with zero attached hydrogens (tertiary/aromatic N) is 1. The Morgan fingerprint density at radius 1 is 1.27 bits per heavy atom. The van der Waals surface area contributed by atoms with E-state index in [0.29, 0.717) is 11.4 Å². The van der Waals surface area contributed by atoms with Crippen LogP contribution in [0, 0.1) is 11.3 Å². The van der Waals surface area contributed by atoms with Crippen molar-refractivity contribution in [3.63, 3.8) is 0 Å². The molecule has 1 heterocycles. The Labute approximate surface area is 148 Å². The Hall–Kier alpha value is -0.980. The molecule has 0 amide bonds. The molecule has 4 nitrogen and oxygen atoms in total. The number of para-hydroxylation sites is 1. The standard InChI is InChI=1S/C17H23N3O.HI/c18-16(19-11-17(8-9-17)12-5-6-12)20-14-7-10-21-15-4-2-1-3-13(14)15;/h1-4,12,14H,5-11H2,(H3,18,19,20);1H. The smallest absolute Gasteiger partial charge is 0.189 e. The van der Waals surface area contributed by atoms with Crippen LogP contribution >= 0.6 is 24.0 Å². The van der Waals surface area contributed by atoms with Gasteiger partial charge >= 0.3 is 0 Å². The maximum absolute atomic E-state index is 6.12. The highest BCUT2D eigenvalue weighted by molar-refractivity contribution is 14.0. The van der Waals surface area contributed by atoms with Crippen LogP contribution in [0.4, 0.5) is 0 Å². The molecule has 1 aromatic carbocycles. The Morgan fingerprint density at radius 2 is 2.05 bits per heavy atom. The molecule has 120 valence electrons. The zero-order valence-electron chi connectivity index (χ0n) is 12.8. The highest BCUT2D eigenvalue weighted by Gasteiger charge is 2.53. The predicted octanol–water partition coefficient (Wildman–Crippen LogP) is 3.22. The van der Waals surface area contributed by atoms with Crippen LogP contribution in [0.1, 0.15) is 43.7 Å². The molecule has 22 heavy (non-hydrogen) atoms. The van der Waals surface area contributed by atoms with Gasteiger partial charge in [-0.1, -0.05) is 18.2 Å². The number of rotatable bonds is 4. The van der Waals surface area contributed by atoms with E-state index >= 15 is 0 Å². The van der Waals surface area contributed by atoms with Gasteiger partial charge in [-0.3, -0.25) is 4.99 Å². The van der Waals surface area contributed by atoms with E-state index in [1.165, 1.54) is 31.2 Å². The highest BCUT2D eigenvalue weighted by Crippen LogP contribution is 2.61. The van der Waals surface area contributed by atoms with E-state index in [-0.39, 0.29) is 30.0 Å². The Bertz CT molecular complexity index is 567. The number of ether oxygens (including phenoxy) is 1. The summed E-state index contributed by atoms with van der Waals surface area (Å²) in [5.41, 5.74) is 7.81. The number of benzene rings is 1. The summed E-state index contributed by atoms with van der Waals surface area (Å²) in [6, 6.07) is 8.39. The molecule has 1 aliphatic heterocycles. The largest absolute Gasteiger partial charge is 0.493 e. The van der Waals surface area contributed by atoms with E-state index in [1.54, 1.807) is 0 Å². The van der Waals surface area contributed by atoms with E-state index in [9.17, 15) is 0 Å². The number of halogens is 1. The fourth-order valence-electron chi connectivity index (χ4n) is 3.51. The third kappa shape index (κ3) is 3.19. The number of nitrogens with one attached hydrogen (secondary N) is 1. The van der Waals surface area contributed by atoms with Crippen molar-refractivity contribution in [2.24, 2.45) is 22.1 Å². The number of aliphatic imine (C=N–C) groups is 1. The lowest BCUT2D eigenvalue weighted by Crippen LogP contribution is -2.37. The summed E-state index contributed by atoms with van der Waals surface area (Å²) in [5.74, 6) is 2.48. The minimum Gasteiger partial charge on any atom is -0.493 e. The molecule has 0 spiro atoms. The van der Waals surface area contributed by atoms with Crippen LogP contribution in [0.25, 0.3) is 0 Å². The lowest BCUT2D eigenvalue weighted by molar-refractivity contribution is 0.262. The second kappa shape index (κ2) is 6.26.